The van der Waals surface area contributed by atoms with E-state index in [1.165, 1.54) is 22.9 Å². The van der Waals surface area contributed by atoms with Gasteiger partial charge in [0.25, 0.3) is 0 Å². The summed E-state index contributed by atoms with van der Waals surface area (Å²) in [6.07, 6.45) is 5.24. The molecule has 1 unspecified atom stereocenters. The SMILES string of the molecule is CSc1nc(Cl)cc(OC2CCCc3ccccc32)n1. The molecule has 0 bridgehead atoms. The van der Waals surface area contributed by atoms with Crippen LogP contribution in [-0.4, -0.2) is 16.2 Å². The minimum atomic E-state index is 0.0561. The Kier molecular flexibility index (Phi) is 4.13. The zero-order valence-corrected chi connectivity index (χ0v) is 12.7. The normalized spacial score (nSPS) is 17.6. The lowest BCUT2D eigenvalue weighted by atomic mass is 9.89. The number of hydrogen-bond donors (Lipinski definition) is 0. The first-order valence-electron chi connectivity index (χ1n) is 6.59. The zero-order valence-electron chi connectivity index (χ0n) is 11.2. The molecule has 1 heterocycles. The number of hydrogen-bond acceptors (Lipinski definition) is 4. The van der Waals surface area contributed by atoms with Crippen LogP contribution in [0.3, 0.4) is 0 Å². The van der Waals surface area contributed by atoms with Gasteiger partial charge in [-0.3, -0.25) is 0 Å². The molecule has 0 amide bonds. The molecule has 1 aromatic carbocycles. The molecular formula is C15H15ClN2OS. The number of aryl methyl sites for hydroxylation is 1. The topological polar surface area (TPSA) is 35.0 Å². The number of benzene rings is 1. The summed E-state index contributed by atoms with van der Waals surface area (Å²) >= 11 is 7.46. The van der Waals surface area contributed by atoms with Gasteiger partial charge < -0.3 is 4.74 Å². The molecule has 3 rings (SSSR count). The molecule has 0 N–H and O–H groups in total. The maximum atomic E-state index is 6.06. The van der Waals surface area contributed by atoms with E-state index in [1.807, 2.05) is 6.26 Å². The zero-order chi connectivity index (χ0) is 13.9. The predicted octanol–water partition coefficient (Wildman–Crippen LogP) is 4.31. The van der Waals surface area contributed by atoms with Gasteiger partial charge in [0, 0.05) is 6.07 Å². The van der Waals surface area contributed by atoms with Gasteiger partial charge in [-0.1, -0.05) is 47.6 Å². The Balaban J connectivity index is 1.87. The van der Waals surface area contributed by atoms with Crippen LogP contribution in [0.2, 0.25) is 5.15 Å². The summed E-state index contributed by atoms with van der Waals surface area (Å²) in [7, 11) is 0. The standard InChI is InChI=1S/C15H15ClN2OS/c1-20-15-17-13(16)9-14(18-15)19-12-8-4-6-10-5-2-3-7-11(10)12/h2-3,5,7,9,12H,4,6,8H2,1H3. The minimum absolute atomic E-state index is 0.0561. The lowest BCUT2D eigenvalue weighted by Crippen LogP contribution is -2.15. The molecular weight excluding hydrogens is 292 g/mol. The average Bonchev–Trinajstić information content (AvgIpc) is 2.47. The first kappa shape index (κ1) is 13.7. The van der Waals surface area contributed by atoms with Crippen LogP contribution < -0.4 is 4.74 Å². The molecule has 0 radical (unpaired) electrons. The Hall–Kier alpha value is -1.26. The van der Waals surface area contributed by atoms with Crippen LogP contribution in [0.15, 0.2) is 35.5 Å². The molecule has 0 saturated heterocycles. The van der Waals surface area contributed by atoms with Gasteiger partial charge in [0.15, 0.2) is 5.16 Å². The lowest BCUT2D eigenvalue weighted by molar-refractivity contribution is 0.174. The number of aromatic nitrogens is 2. The van der Waals surface area contributed by atoms with E-state index >= 15 is 0 Å². The summed E-state index contributed by atoms with van der Waals surface area (Å²) in [5, 5.41) is 1.06. The van der Waals surface area contributed by atoms with E-state index in [-0.39, 0.29) is 6.10 Å². The third-order valence-corrected chi connectivity index (χ3v) is 4.15. The van der Waals surface area contributed by atoms with Crippen molar-refractivity contribution in [3.05, 3.63) is 46.6 Å². The van der Waals surface area contributed by atoms with Crippen LogP contribution in [0, 0.1) is 0 Å². The summed E-state index contributed by atoms with van der Waals surface area (Å²) in [6, 6.07) is 10.1. The molecule has 3 nitrogen and oxygen atoms in total. The Bertz CT molecular complexity index is 621. The van der Waals surface area contributed by atoms with Gasteiger partial charge in [-0.2, -0.15) is 4.98 Å². The van der Waals surface area contributed by atoms with E-state index in [4.69, 9.17) is 16.3 Å². The van der Waals surface area contributed by atoms with E-state index in [0.29, 0.717) is 16.2 Å². The maximum Gasteiger partial charge on any atom is 0.219 e. The van der Waals surface area contributed by atoms with Gasteiger partial charge in [0.2, 0.25) is 5.88 Å². The molecule has 0 spiro atoms. The lowest BCUT2D eigenvalue weighted by Gasteiger charge is -2.25. The summed E-state index contributed by atoms with van der Waals surface area (Å²) in [5.41, 5.74) is 2.63. The fourth-order valence-electron chi connectivity index (χ4n) is 2.51. The van der Waals surface area contributed by atoms with Gasteiger partial charge in [-0.25, -0.2) is 4.98 Å². The summed E-state index contributed by atoms with van der Waals surface area (Å²) in [4.78, 5) is 8.49. The quantitative estimate of drug-likeness (QED) is 0.481. The molecule has 1 atom stereocenters. The van der Waals surface area contributed by atoms with Gasteiger partial charge in [0.1, 0.15) is 11.3 Å². The smallest absolute Gasteiger partial charge is 0.219 e. The fourth-order valence-corrected chi connectivity index (χ4v) is 3.10. The first-order valence-corrected chi connectivity index (χ1v) is 8.19. The molecule has 2 aromatic rings. The fraction of sp³-hybridized carbons (Fsp3) is 0.333. The molecule has 1 aromatic heterocycles. The molecule has 20 heavy (non-hydrogen) atoms. The number of rotatable bonds is 3. The largest absolute Gasteiger partial charge is 0.469 e. The third-order valence-electron chi connectivity index (χ3n) is 3.41. The first-order chi connectivity index (χ1) is 9.76. The van der Waals surface area contributed by atoms with Gasteiger partial charge in [-0.15, -0.1) is 0 Å². The van der Waals surface area contributed by atoms with E-state index in [9.17, 15) is 0 Å². The summed E-state index contributed by atoms with van der Waals surface area (Å²) in [6.45, 7) is 0. The van der Waals surface area contributed by atoms with Gasteiger partial charge >= 0.3 is 0 Å². The second kappa shape index (κ2) is 6.02. The molecule has 5 heteroatoms. The Morgan fingerprint density at radius 1 is 1.30 bits per heavy atom. The number of halogens is 1. The molecule has 1 aliphatic rings. The van der Waals surface area contributed by atoms with Crippen LogP contribution in [0.5, 0.6) is 5.88 Å². The van der Waals surface area contributed by atoms with Crippen molar-refractivity contribution >= 4 is 23.4 Å². The Labute approximate surface area is 127 Å². The van der Waals surface area contributed by atoms with Crippen molar-refractivity contribution in [3.8, 4) is 5.88 Å². The van der Waals surface area contributed by atoms with Crippen LogP contribution in [0.1, 0.15) is 30.1 Å². The highest BCUT2D eigenvalue weighted by Crippen LogP contribution is 2.33. The second-order valence-electron chi connectivity index (χ2n) is 4.71. The van der Waals surface area contributed by atoms with Crippen molar-refractivity contribution < 1.29 is 4.74 Å². The highest BCUT2D eigenvalue weighted by Gasteiger charge is 2.22. The number of ether oxygens (including phenoxy) is 1. The molecule has 1 aliphatic carbocycles. The second-order valence-corrected chi connectivity index (χ2v) is 5.87. The van der Waals surface area contributed by atoms with Gasteiger partial charge in [-0.05, 0) is 36.6 Å². The Morgan fingerprint density at radius 3 is 3.00 bits per heavy atom. The van der Waals surface area contributed by atoms with Crippen molar-refractivity contribution in [1.82, 2.24) is 9.97 Å². The average molecular weight is 307 g/mol. The predicted molar refractivity (Wildman–Crippen MR) is 81.6 cm³/mol. The van der Waals surface area contributed by atoms with E-state index in [1.54, 1.807) is 6.07 Å². The van der Waals surface area contributed by atoms with E-state index in [0.717, 1.165) is 19.3 Å². The maximum absolute atomic E-state index is 6.06. The number of fused-ring (bicyclic) bond motifs is 1. The van der Waals surface area contributed by atoms with E-state index in [2.05, 4.69) is 34.2 Å². The summed E-state index contributed by atoms with van der Waals surface area (Å²) < 4.78 is 6.06. The van der Waals surface area contributed by atoms with Crippen molar-refractivity contribution in [2.75, 3.05) is 6.26 Å². The van der Waals surface area contributed by atoms with Gasteiger partial charge in [0.05, 0.1) is 0 Å². The van der Waals surface area contributed by atoms with Crippen LogP contribution in [0.4, 0.5) is 0 Å². The summed E-state index contributed by atoms with van der Waals surface area (Å²) in [5.74, 6) is 0.552. The molecule has 0 aliphatic heterocycles. The van der Waals surface area contributed by atoms with Crippen LogP contribution >= 0.6 is 23.4 Å². The van der Waals surface area contributed by atoms with Crippen molar-refractivity contribution in [2.45, 2.75) is 30.5 Å². The minimum Gasteiger partial charge on any atom is -0.469 e. The highest BCUT2D eigenvalue weighted by atomic mass is 35.5. The third kappa shape index (κ3) is 2.91. The van der Waals surface area contributed by atoms with Crippen molar-refractivity contribution in [1.29, 1.82) is 0 Å². The van der Waals surface area contributed by atoms with Crippen molar-refractivity contribution in [2.24, 2.45) is 0 Å². The number of nitrogens with zero attached hydrogens (tertiary/aromatic N) is 2. The van der Waals surface area contributed by atoms with Crippen LogP contribution in [0.25, 0.3) is 0 Å². The molecule has 0 fully saturated rings. The number of thioether (sulfide) groups is 1. The van der Waals surface area contributed by atoms with E-state index < -0.39 is 0 Å². The molecule has 104 valence electrons. The molecule has 0 saturated carbocycles. The Morgan fingerprint density at radius 2 is 2.15 bits per heavy atom. The van der Waals surface area contributed by atoms with Crippen LogP contribution in [-0.2, 0) is 6.42 Å². The monoisotopic (exact) mass is 306 g/mol. The van der Waals surface area contributed by atoms with Crippen molar-refractivity contribution in [3.63, 3.8) is 0 Å². The highest BCUT2D eigenvalue weighted by molar-refractivity contribution is 7.98.